The molecule has 0 spiro atoms. The summed E-state index contributed by atoms with van der Waals surface area (Å²) in [7, 11) is 0. The van der Waals surface area contributed by atoms with Crippen LogP contribution in [0.1, 0.15) is 33.1 Å². The number of amides is 1. The van der Waals surface area contributed by atoms with Crippen LogP contribution in [0.5, 0.6) is 0 Å². The molecule has 15 heavy (non-hydrogen) atoms. The molecule has 2 fully saturated rings. The normalized spacial score (nSPS) is 26.9. The Morgan fingerprint density at radius 2 is 2.20 bits per heavy atom. The Bertz CT molecular complexity index is 257. The highest BCUT2D eigenvalue weighted by Crippen LogP contribution is 2.26. The Kier molecular flexibility index (Phi) is 2.73. The molecular weight excluding hydrogens is 192 g/mol. The van der Waals surface area contributed by atoms with Crippen molar-refractivity contribution in [2.24, 2.45) is 0 Å². The molecule has 1 aliphatic heterocycles. The van der Waals surface area contributed by atoms with Gasteiger partial charge < -0.3 is 10.4 Å². The Balaban J connectivity index is 1.77. The van der Waals surface area contributed by atoms with E-state index in [1.807, 2.05) is 18.7 Å². The lowest BCUT2D eigenvalue weighted by molar-refractivity contribution is -0.142. The molecule has 1 unspecified atom stereocenters. The molecule has 4 nitrogen and oxygen atoms in total. The molecule has 0 aromatic carbocycles. The van der Waals surface area contributed by atoms with E-state index >= 15 is 0 Å². The Morgan fingerprint density at radius 3 is 2.67 bits per heavy atom. The molecule has 1 aliphatic carbocycles. The summed E-state index contributed by atoms with van der Waals surface area (Å²) in [5.74, 6) is 0.107. The zero-order chi connectivity index (χ0) is 11.1. The molecule has 1 atom stereocenters. The standard InChI is InChI=1S/C11H20N2O2/c1-3-11(15)6-13(7-11)8(2)10(14)12-9-4-5-9/h8-9,15H,3-7H2,1-2H3,(H,12,14). The van der Waals surface area contributed by atoms with E-state index in [1.165, 1.54) is 0 Å². The topological polar surface area (TPSA) is 52.6 Å². The van der Waals surface area contributed by atoms with Crippen molar-refractivity contribution in [2.75, 3.05) is 13.1 Å². The number of rotatable bonds is 4. The minimum absolute atomic E-state index is 0.0996. The van der Waals surface area contributed by atoms with Crippen LogP contribution in [0.4, 0.5) is 0 Å². The number of carbonyl (C=O) groups is 1. The van der Waals surface area contributed by atoms with E-state index in [2.05, 4.69) is 5.32 Å². The van der Waals surface area contributed by atoms with Crippen LogP contribution in [0, 0.1) is 0 Å². The van der Waals surface area contributed by atoms with Crippen molar-refractivity contribution in [3.05, 3.63) is 0 Å². The first-order valence-electron chi connectivity index (χ1n) is 5.81. The molecule has 2 N–H and O–H groups in total. The highest BCUT2D eigenvalue weighted by atomic mass is 16.3. The van der Waals surface area contributed by atoms with Gasteiger partial charge in [-0.25, -0.2) is 0 Å². The van der Waals surface area contributed by atoms with Gasteiger partial charge in [0.05, 0.1) is 11.6 Å². The molecule has 1 amide bonds. The number of β-amino-alcohol motifs (C(OH)–C–C–N with tert-alkyl or cyclic N) is 1. The molecule has 0 aromatic rings. The maximum Gasteiger partial charge on any atom is 0.237 e. The summed E-state index contributed by atoms with van der Waals surface area (Å²) >= 11 is 0. The van der Waals surface area contributed by atoms with Crippen molar-refractivity contribution in [2.45, 2.75) is 50.8 Å². The third-order valence-electron chi connectivity index (χ3n) is 3.50. The molecule has 0 radical (unpaired) electrons. The summed E-state index contributed by atoms with van der Waals surface area (Å²) in [4.78, 5) is 13.7. The van der Waals surface area contributed by atoms with Crippen LogP contribution in [0.15, 0.2) is 0 Å². The molecule has 0 bridgehead atoms. The van der Waals surface area contributed by atoms with Crippen molar-refractivity contribution >= 4 is 5.91 Å². The van der Waals surface area contributed by atoms with Crippen LogP contribution in [0.3, 0.4) is 0 Å². The van der Waals surface area contributed by atoms with Gasteiger partial charge in [-0.15, -0.1) is 0 Å². The highest BCUT2D eigenvalue weighted by Gasteiger charge is 2.43. The lowest BCUT2D eigenvalue weighted by Crippen LogP contribution is -2.66. The molecule has 0 aromatic heterocycles. The van der Waals surface area contributed by atoms with Crippen molar-refractivity contribution in [3.63, 3.8) is 0 Å². The van der Waals surface area contributed by atoms with Crippen LogP contribution in [0.25, 0.3) is 0 Å². The molecule has 2 rings (SSSR count). The first kappa shape index (κ1) is 10.9. The Hall–Kier alpha value is -0.610. The number of nitrogens with zero attached hydrogens (tertiary/aromatic N) is 1. The SMILES string of the molecule is CCC1(O)CN(C(C)C(=O)NC2CC2)C1. The van der Waals surface area contributed by atoms with Crippen LogP contribution in [-0.2, 0) is 4.79 Å². The van der Waals surface area contributed by atoms with Gasteiger partial charge in [-0.05, 0) is 26.2 Å². The van der Waals surface area contributed by atoms with E-state index in [9.17, 15) is 9.90 Å². The summed E-state index contributed by atoms with van der Waals surface area (Å²) in [5.41, 5.74) is -0.547. The Labute approximate surface area is 90.6 Å². The van der Waals surface area contributed by atoms with Gasteiger partial charge in [0, 0.05) is 19.1 Å². The molecular formula is C11H20N2O2. The van der Waals surface area contributed by atoms with E-state index in [4.69, 9.17) is 0 Å². The predicted molar refractivity (Wildman–Crippen MR) is 57.4 cm³/mol. The number of carbonyl (C=O) groups excluding carboxylic acids is 1. The van der Waals surface area contributed by atoms with Gasteiger partial charge in [0.2, 0.25) is 5.91 Å². The van der Waals surface area contributed by atoms with Gasteiger partial charge in [0.15, 0.2) is 0 Å². The van der Waals surface area contributed by atoms with Crippen LogP contribution in [0.2, 0.25) is 0 Å². The fourth-order valence-corrected chi connectivity index (χ4v) is 1.92. The molecule has 1 saturated heterocycles. The number of aliphatic hydroxyl groups is 1. The zero-order valence-electron chi connectivity index (χ0n) is 9.49. The lowest BCUT2D eigenvalue weighted by atomic mass is 9.90. The first-order chi connectivity index (χ1) is 7.04. The second-order valence-electron chi connectivity index (χ2n) is 4.94. The molecule has 4 heteroatoms. The first-order valence-corrected chi connectivity index (χ1v) is 5.81. The maximum atomic E-state index is 11.7. The Morgan fingerprint density at radius 1 is 1.60 bits per heavy atom. The van der Waals surface area contributed by atoms with Gasteiger partial charge in [-0.1, -0.05) is 6.92 Å². The fraction of sp³-hybridized carbons (Fsp3) is 0.909. The lowest BCUT2D eigenvalue weighted by Gasteiger charge is -2.48. The average Bonchev–Trinajstić information content (AvgIpc) is 2.95. The highest BCUT2D eigenvalue weighted by molar-refractivity contribution is 5.82. The van der Waals surface area contributed by atoms with Crippen molar-refractivity contribution < 1.29 is 9.90 Å². The van der Waals surface area contributed by atoms with Crippen LogP contribution >= 0.6 is 0 Å². The van der Waals surface area contributed by atoms with Gasteiger partial charge in [-0.3, -0.25) is 9.69 Å². The molecule has 2 aliphatic rings. The summed E-state index contributed by atoms with van der Waals surface area (Å²) in [6, 6.07) is 0.323. The summed E-state index contributed by atoms with van der Waals surface area (Å²) in [6.07, 6.45) is 3.01. The number of likely N-dealkylation sites (tertiary alicyclic amines) is 1. The number of nitrogens with one attached hydrogen (secondary N) is 1. The van der Waals surface area contributed by atoms with E-state index in [0.717, 1.165) is 19.3 Å². The zero-order valence-corrected chi connectivity index (χ0v) is 9.49. The number of hydrogen-bond acceptors (Lipinski definition) is 3. The van der Waals surface area contributed by atoms with Gasteiger partial charge >= 0.3 is 0 Å². The van der Waals surface area contributed by atoms with E-state index in [1.54, 1.807) is 0 Å². The van der Waals surface area contributed by atoms with Gasteiger partial charge in [0.1, 0.15) is 0 Å². The monoisotopic (exact) mass is 212 g/mol. The quantitative estimate of drug-likeness (QED) is 0.695. The second-order valence-corrected chi connectivity index (χ2v) is 4.94. The fourth-order valence-electron chi connectivity index (χ4n) is 1.92. The largest absolute Gasteiger partial charge is 0.387 e. The maximum absolute atomic E-state index is 11.7. The molecule has 1 saturated carbocycles. The molecule has 1 heterocycles. The third kappa shape index (κ3) is 2.32. The minimum atomic E-state index is -0.547. The van der Waals surface area contributed by atoms with E-state index < -0.39 is 5.60 Å². The van der Waals surface area contributed by atoms with Crippen LogP contribution in [-0.4, -0.2) is 46.7 Å². The predicted octanol–water partition coefficient (Wildman–Crippen LogP) is 0.110. The third-order valence-corrected chi connectivity index (χ3v) is 3.50. The van der Waals surface area contributed by atoms with Crippen molar-refractivity contribution in [1.29, 1.82) is 0 Å². The summed E-state index contributed by atoms with van der Waals surface area (Å²) in [5, 5.41) is 12.8. The van der Waals surface area contributed by atoms with Gasteiger partial charge in [-0.2, -0.15) is 0 Å². The second kappa shape index (κ2) is 3.76. The number of hydrogen-bond donors (Lipinski definition) is 2. The average molecular weight is 212 g/mol. The van der Waals surface area contributed by atoms with E-state index in [-0.39, 0.29) is 11.9 Å². The van der Waals surface area contributed by atoms with Crippen LogP contribution < -0.4 is 5.32 Å². The summed E-state index contributed by atoms with van der Waals surface area (Å²) < 4.78 is 0. The van der Waals surface area contributed by atoms with Crippen molar-refractivity contribution in [3.8, 4) is 0 Å². The van der Waals surface area contributed by atoms with Crippen molar-refractivity contribution in [1.82, 2.24) is 10.2 Å². The minimum Gasteiger partial charge on any atom is -0.387 e. The smallest absolute Gasteiger partial charge is 0.237 e. The molecule has 86 valence electrons. The van der Waals surface area contributed by atoms with Gasteiger partial charge in [0.25, 0.3) is 0 Å². The summed E-state index contributed by atoms with van der Waals surface area (Å²) in [6.45, 7) is 5.14. The van der Waals surface area contributed by atoms with E-state index in [0.29, 0.717) is 19.1 Å².